The van der Waals surface area contributed by atoms with Gasteiger partial charge in [0.1, 0.15) is 0 Å². The van der Waals surface area contributed by atoms with Crippen LogP contribution in [0.4, 0.5) is 0 Å². The maximum atomic E-state index is 6.14. The van der Waals surface area contributed by atoms with Crippen LogP contribution in [0.1, 0.15) is 17.2 Å². The summed E-state index contributed by atoms with van der Waals surface area (Å²) >= 11 is 6.97. The van der Waals surface area contributed by atoms with Crippen LogP contribution in [0.2, 0.25) is 0 Å². The summed E-state index contributed by atoms with van der Waals surface area (Å²) in [5.74, 6) is 0. The van der Waals surface area contributed by atoms with Crippen LogP contribution in [0.25, 0.3) is 0 Å². The summed E-state index contributed by atoms with van der Waals surface area (Å²) in [4.78, 5) is 2.14. The Bertz CT molecular complexity index is 567. The first kappa shape index (κ1) is 17.7. The molecule has 4 heteroatoms. The number of rotatable bonds is 7. The van der Waals surface area contributed by atoms with E-state index in [0.717, 1.165) is 28.5 Å². The minimum atomic E-state index is 0.0780. The Hall–Kier alpha value is -0.680. The number of hydrogen-bond donors (Lipinski definition) is 0. The zero-order valence-corrected chi connectivity index (χ0v) is 16.1. The molecule has 22 heavy (non-hydrogen) atoms. The van der Waals surface area contributed by atoms with Crippen molar-refractivity contribution >= 4 is 31.9 Å². The lowest BCUT2D eigenvalue weighted by Crippen LogP contribution is -2.20. The number of likely N-dealkylation sites (N-methyl/N-ethyl adjacent to an activating group) is 1. The Morgan fingerprint density at radius 3 is 2.00 bits per heavy atom. The fraction of sp³-hybridized carbons (Fsp3) is 0.333. The van der Waals surface area contributed by atoms with E-state index >= 15 is 0 Å². The molecule has 0 fully saturated rings. The van der Waals surface area contributed by atoms with Gasteiger partial charge in [0, 0.05) is 21.9 Å². The predicted octanol–water partition coefficient (Wildman–Crippen LogP) is 5.07. The standard InChI is InChI=1S/C18H21Br2NO/c1-21(2)11-12-22-18(15-5-9-17(20)10-6-15)13-14-3-7-16(19)8-4-14/h3-10,18H,11-13H2,1-2H3. The Morgan fingerprint density at radius 2 is 1.45 bits per heavy atom. The van der Waals surface area contributed by atoms with Gasteiger partial charge in [0.05, 0.1) is 12.7 Å². The van der Waals surface area contributed by atoms with Crippen LogP contribution in [0.5, 0.6) is 0 Å². The van der Waals surface area contributed by atoms with Gasteiger partial charge >= 0.3 is 0 Å². The van der Waals surface area contributed by atoms with Gasteiger partial charge in [-0.3, -0.25) is 0 Å². The maximum Gasteiger partial charge on any atom is 0.0865 e. The van der Waals surface area contributed by atoms with Crippen molar-refractivity contribution in [2.75, 3.05) is 27.2 Å². The molecule has 2 rings (SSSR count). The zero-order chi connectivity index (χ0) is 15.9. The molecule has 0 aliphatic heterocycles. The third-order valence-electron chi connectivity index (χ3n) is 3.43. The van der Waals surface area contributed by atoms with E-state index in [9.17, 15) is 0 Å². The first-order chi connectivity index (χ1) is 10.5. The topological polar surface area (TPSA) is 12.5 Å². The number of nitrogens with zero attached hydrogens (tertiary/aromatic N) is 1. The molecule has 0 aromatic heterocycles. The molecule has 118 valence electrons. The van der Waals surface area contributed by atoms with E-state index in [4.69, 9.17) is 4.74 Å². The quantitative estimate of drug-likeness (QED) is 0.612. The summed E-state index contributed by atoms with van der Waals surface area (Å²) in [6.07, 6.45) is 0.955. The highest BCUT2D eigenvalue weighted by atomic mass is 79.9. The average molecular weight is 427 g/mol. The molecule has 0 bridgehead atoms. The van der Waals surface area contributed by atoms with Crippen LogP contribution in [-0.4, -0.2) is 32.1 Å². The predicted molar refractivity (Wildman–Crippen MR) is 99.2 cm³/mol. The third-order valence-corrected chi connectivity index (χ3v) is 4.49. The molecule has 0 heterocycles. The fourth-order valence-electron chi connectivity index (χ4n) is 2.16. The van der Waals surface area contributed by atoms with Gasteiger partial charge in [0.25, 0.3) is 0 Å². The van der Waals surface area contributed by atoms with Crippen molar-refractivity contribution in [1.82, 2.24) is 4.90 Å². The molecule has 0 radical (unpaired) electrons. The third kappa shape index (κ3) is 5.84. The Labute approximate surface area is 149 Å². The fourth-order valence-corrected chi connectivity index (χ4v) is 2.69. The molecule has 0 N–H and O–H groups in total. The van der Waals surface area contributed by atoms with E-state index < -0.39 is 0 Å². The molecule has 0 amide bonds. The van der Waals surface area contributed by atoms with Gasteiger partial charge in [-0.05, 0) is 49.5 Å². The van der Waals surface area contributed by atoms with Crippen molar-refractivity contribution in [2.45, 2.75) is 12.5 Å². The molecule has 0 saturated heterocycles. The van der Waals surface area contributed by atoms with E-state index in [1.165, 1.54) is 11.1 Å². The van der Waals surface area contributed by atoms with Gasteiger partial charge < -0.3 is 9.64 Å². The van der Waals surface area contributed by atoms with Crippen molar-refractivity contribution in [1.29, 1.82) is 0 Å². The second-order valence-corrected chi connectivity index (χ2v) is 7.38. The van der Waals surface area contributed by atoms with E-state index in [1.807, 2.05) is 0 Å². The van der Waals surface area contributed by atoms with Crippen molar-refractivity contribution in [3.63, 3.8) is 0 Å². The minimum absolute atomic E-state index is 0.0780. The van der Waals surface area contributed by atoms with Gasteiger partial charge in [-0.25, -0.2) is 0 Å². The monoisotopic (exact) mass is 425 g/mol. The van der Waals surface area contributed by atoms with Crippen molar-refractivity contribution < 1.29 is 4.74 Å². The average Bonchev–Trinajstić information content (AvgIpc) is 2.49. The molecule has 2 aromatic carbocycles. The second kappa shape index (κ2) is 8.82. The van der Waals surface area contributed by atoms with Crippen molar-refractivity contribution in [2.24, 2.45) is 0 Å². The van der Waals surface area contributed by atoms with Crippen LogP contribution in [0.3, 0.4) is 0 Å². The van der Waals surface area contributed by atoms with E-state index in [0.29, 0.717) is 0 Å². The molecule has 0 aliphatic rings. The maximum absolute atomic E-state index is 6.14. The molecular weight excluding hydrogens is 406 g/mol. The Kier molecular flexibility index (Phi) is 7.09. The summed E-state index contributed by atoms with van der Waals surface area (Å²) in [5, 5.41) is 0. The highest BCUT2D eigenvalue weighted by Gasteiger charge is 2.13. The van der Waals surface area contributed by atoms with E-state index in [1.54, 1.807) is 0 Å². The number of ether oxygens (including phenoxy) is 1. The molecule has 1 unspecified atom stereocenters. The summed E-state index contributed by atoms with van der Waals surface area (Å²) < 4.78 is 8.34. The molecule has 0 spiro atoms. The normalized spacial score (nSPS) is 12.6. The van der Waals surface area contributed by atoms with Crippen LogP contribution < -0.4 is 0 Å². The Morgan fingerprint density at radius 1 is 0.909 bits per heavy atom. The molecule has 2 nitrogen and oxygen atoms in total. The smallest absolute Gasteiger partial charge is 0.0865 e. The zero-order valence-electron chi connectivity index (χ0n) is 12.9. The summed E-state index contributed by atoms with van der Waals surface area (Å²) in [6.45, 7) is 1.65. The van der Waals surface area contributed by atoms with Crippen LogP contribution >= 0.6 is 31.9 Å². The summed E-state index contributed by atoms with van der Waals surface area (Å²) in [7, 11) is 4.12. The lowest BCUT2D eigenvalue weighted by atomic mass is 10.0. The van der Waals surface area contributed by atoms with Crippen molar-refractivity contribution in [3.05, 3.63) is 68.6 Å². The second-order valence-electron chi connectivity index (χ2n) is 5.54. The Balaban J connectivity index is 2.09. The van der Waals surface area contributed by atoms with Crippen molar-refractivity contribution in [3.8, 4) is 0 Å². The van der Waals surface area contributed by atoms with Gasteiger partial charge in [-0.2, -0.15) is 0 Å². The van der Waals surface area contributed by atoms with Gasteiger partial charge in [-0.1, -0.05) is 56.1 Å². The highest BCUT2D eigenvalue weighted by Crippen LogP contribution is 2.25. The number of hydrogen-bond acceptors (Lipinski definition) is 2. The lowest BCUT2D eigenvalue weighted by molar-refractivity contribution is 0.0436. The first-order valence-corrected chi connectivity index (χ1v) is 8.89. The van der Waals surface area contributed by atoms with Gasteiger partial charge in [0.15, 0.2) is 0 Å². The van der Waals surface area contributed by atoms with Crippen LogP contribution in [0, 0.1) is 0 Å². The molecular formula is C18H21Br2NO. The summed E-state index contributed by atoms with van der Waals surface area (Å²) in [5.41, 5.74) is 2.49. The molecule has 1 atom stereocenters. The summed E-state index contributed by atoms with van der Waals surface area (Å²) in [6, 6.07) is 16.8. The SMILES string of the molecule is CN(C)CCOC(Cc1ccc(Br)cc1)c1ccc(Br)cc1. The molecule has 0 saturated carbocycles. The number of halogens is 2. The van der Waals surface area contributed by atoms with E-state index in [-0.39, 0.29) is 6.10 Å². The minimum Gasteiger partial charge on any atom is -0.372 e. The van der Waals surface area contributed by atoms with Crippen LogP contribution in [-0.2, 0) is 11.2 Å². The first-order valence-electron chi connectivity index (χ1n) is 7.31. The largest absolute Gasteiger partial charge is 0.372 e. The van der Waals surface area contributed by atoms with E-state index in [2.05, 4.69) is 99.4 Å². The van der Waals surface area contributed by atoms with Gasteiger partial charge in [0.2, 0.25) is 0 Å². The highest BCUT2D eigenvalue weighted by molar-refractivity contribution is 9.10. The molecule has 0 aliphatic carbocycles. The van der Waals surface area contributed by atoms with Crippen LogP contribution in [0.15, 0.2) is 57.5 Å². The van der Waals surface area contributed by atoms with Gasteiger partial charge in [-0.15, -0.1) is 0 Å². The lowest BCUT2D eigenvalue weighted by Gasteiger charge is -2.20. The molecule has 2 aromatic rings. The number of benzene rings is 2.